The Bertz CT molecular complexity index is 522. The van der Waals surface area contributed by atoms with Crippen LogP contribution in [-0.2, 0) is 4.43 Å². The highest BCUT2D eigenvalue weighted by atomic mass is 79.9. The van der Waals surface area contributed by atoms with Crippen molar-refractivity contribution in [2.75, 3.05) is 11.9 Å². The molecule has 0 aliphatic rings. The van der Waals surface area contributed by atoms with Crippen LogP contribution in [0.5, 0.6) is 5.75 Å². The van der Waals surface area contributed by atoms with Gasteiger partial charge in [0.05, 0.1) is 6.61 Å². The first kappa shape index (κ1) is 20.5. The largest absolute Gasteiger partial charge is 0.487 e. The van der Waals surface area contributed by atoms with Gasteiger partial charge in [-0.2, -0.15) is 0 Å². The third kappa shape index (κ3) is 7.22. The van der Waals surface area contributed by atoms with E-state index in [0.717, 1.165) is 24.6 Å². The highest BCUT2D eigenvalue weighted by Gasteiger charge is 2.30. The Labute approximate surface area is 149 Å². The molecule has 1 heterocycles. The number of ether oxygens (including phenoxy) is 1. The Morgan fingerprint density at radius 2 is 1.96 bits per heavy atom. The number of rotatable bonds is 9. The molecule has 1 atom stereocenters. The predicted octanol–water partition coefficient (Wildman–Crippen LogP) is 4.67. The minimum absolute atomic E-state index is 0.134. The molecule has 0 fully saturated rings. The van der Waals surface area contributed by atoms with Gasteiger partial charge < -0.3 is 13.6 Å². The van der Waals surface area contributed by atoms with Crippen LogP contribution in [0.25, 0.3) is 0 Å². The van der Waals surface area contributed by atoms with Crippen LogP contribution in [-0.4, -0.2) is 21.0 Å². The molecular formula is C17H29BrO4Si. The normalized spacial score (nSPS) is 13.3. The molecule has 0 aliphatic carbocycles. The Morgan fingerprint density at radius 3 is 2.48 bits per heavy atom. The fraction of sp³-hybridized carbons (Fsp3) is 0.706. The van der Waals surface area contributed by atoms with Crippen LogP contribution in [0, 0.1) is 5.41 Å². The van der Waals surface area contributed by atoms with Crippen molar-refractivity contribution < 1.29 is 13.6 Å². The molecule has 0 spiro atoms. The van der Waals surface area contributed by atoms with Gasteiger partial charge in [-0.25, -0.2) is 0 Å². The van der Waals surface area contributed by atoms with Crippen molar-refractivity contribution in [3.63, 3.8) is 0 Å². The van der Waals surface area contributed by atoms with Crippen molar-refractivity contribution in [3.05, 3.63) is 28.3 Å². The fourth-order valence-electron chi connectivity index (χ4n) is 2.18. The van der Waals surface area contributed by atoms with Crippen molar-refractivity contribution in [2.45, 2.75) is 59.2 Å². The molecule has 0 radical (unpaired) electrons. The van der Waals surface area contributed by atoms with E-state index < -0.39 is 9.04 Å². The molecule has 1 aromatic rings. The van der Waals surface area contributed by atoms with Crippen molar-refractivity contribution in [1.29, 1.82) is 0 Å². The van der Waals surface area contributed by atoms with Crippen LogP contribution in [0.2, 0.25) is 13.1 Å². The summed E-state index contributed by atoms with van der Waals surface area (Å²) < 4.78 is 17.3. The number of alkyl halides is 1. The predicted molar refractivity (Wildman–Crippen MR) is 100 cm³/mol. The average molecular weight is 405 g/mol. The van der Waals surface area contributed by atoms with E-state index in [1.165, 1.54) is 12.3 Å². The maximum atomic E-state index is 12.2. The zero-order valence-corrected chi connectivity index (χ0v) is 17.6. The zero-order valence-electron chi connectivity index (χ0n) is 14.9. The van der Waals surface area contributed by atoms with E-state index in [-0.39, 0.29) is 22.7 Å². The summed E-state index contributed by atoms with van der Waals surface area (Å²) in [6.07, 6.45) is 4.33. The number of hydrogen-bond acceptors (Lipinski definition) is 4. The summed E-state index contributed by atoms with van der Waals surface area (Å²) in [5.74, 6) is 0.859. The van der Waals surface area contributed by atoms with E-state index in [1.54, 1.807) is 0 Å². The van der Waals surface area contributed by atoms with Gasteiger partial charge in [-0.15, -0.1) is 0 Å². The summed E-state index contributed by atoms with van der Waals surface area (Å²) in [6.45, 7) is 11.0. The van der Waals surface area contributed by atoms with Crippen LogP contribution >= 0.6 is 15.9 Å². The summed E-state index contributed by atoms with van der Waals surface area (Å²) in [5, 5.41) is 0.997. The van der Waals surface area contributed by atoms with E-state index in [9.17, 15) is 4.79 Å². The molecule has 23 heavy (non-hydrogen) atoms. The van der Waals surface area contributed by atoms with Crippen molar-refractivity contribution in [3.8, 4) is 5.75 Å². The number of hydrogen-bond donors (Lipinski definition) is 0. The molecule has 4 nitrogen and oxygen atoms in total. The van der Waals surface area contributed by atoms with E-state index in [4.69, 9.17) is 13.6 Å². The first-order valence-corrected chi connectivity index (χ1v) is 12.1. The minimum Gasteiger partial charge on any atom is -0.487 e. The average Bonchev–Trinajstić information content (AvgIpc) is 2.44. The zero-order chi connectivity index (χ0) is 17.5. The third-order valence-electron chi connectivity index (χ3n) is 3.31. The van der Waals surface area contributed by atoms with Crippen molar-refractivity contribution in [2.24, 2.45) is 5.41 Å². The van der Waals surface area contributed by atoms with Crippen LogP contribution in [0.3, 0.4) is 0 Å². The van der Waals surface area contributed by atoms with E-state index in [0.29, 0.717) is 12.4 Å². The summed E-state index contributed by atoms with van der Waals surface area (Å²) in [7, 11) is -1.25. The molecule has 1 unspecified atom stereocenters. The van der Waals surface area contributed by atoms with Crippen molar-refractivity contribution in [1.82, 2.24) is 0 Å². The Balaban J connectivity index is 2.78. The van der Waals surface area contributed by atoms with Gasteiger partial charge in [-0.1, -0.05) is 36.7 Å². The first-order valence-electron chi connectivity index (χ1n) is 8.22. The first-order chi connectivity index (χ1) is 10.8. The summed E-state index contributed by atoms with van der Waals surface area (Å²) in [5.41, 5.74) is -0.277. The van der Waals surface area contributed by atoms with Gasteiger partial charge in [-0.3, -0.25) is 4.79 Å². The minimum atomic E-state index is -1.25. The number of halogens is 1. The second-order valence-electron chi connectivity index (χ2n) is 7.04. The van der Waals surface area contributed by atoms with Gasteiger partial charge in [0, 0.05) is 11.4 Å². The monoisotopic (exact) mass is 404 g/mol. The lowest BCUT2D eigenvalue weighted by Crippen LogP contribution is -2.26. The maximum Gasteiger partial charge on any atom is 0.227 e. The van der Waals surface area contributed by atoms with Gasteiger partial charge in [0.15, 0.2) is 9.04 Å². The summed E-state index contributed by atoms with van der Waals surface area (Å²) in [6, 6.07) is 1.51. The maximum absolute atomic E-state index is 12.2. The lowest BCUT2D eigenvalue weighted by Gasteiger charge is -2.31. The van der Waals surface area contributed by atoms with Crippen LogP contribution < -0.4 is 10.2 Å². The van der Waals surface area contributed by atoms with Gasteiger partial charge in [0.25, 0.3) is 0 Å². The molecular weight excluding hydrogens is 376 g/mol. The smallest absolute Gasteiger partial charge is 0.227 e. The lowest BCUT2D eigenvalue weighted by molar-refractivity contribution is 0.0639. The van der Waals surface area contributed by atoms with Crippen molar-refractivity contribution >= 4 is 25.0 Å². The van der Waals surface area contributed by atoms with E-state index in [2.05, 4.69) is 49.8 Å². The molecule has 0 aliphatic heterocycles. The van der Waals surface area contributed by atoms with Gasteiger partial charge in [0.2, 0.25) is 11.2 Å². The van der Waals surface area contributed by atoms with Gasteiger partial charge >= 0.3 is 0 Å². The Morgan fingerprint density at radius 1 is 1.26 bits per heavy atom. The van der Waals surface area contributed by atoms with Crippen LogP contribution in [0.15, 0.2) is 21.5 Å². The summed E-state index contributed by atoms with van der Waals surface area (Å²) in [4.78, 5) is 12.2. The highest BCUT2D eigenvalue weighted by Crippen LogP contribution is 2.36. The van der Waals surface area contributed by atoms with E-state index in [1.807, 2.05) is 0 Å². The molecule has 0 aromatic carbocycles. The second-order valence-corrected chi connectivity index (χ2v) is 10.2. The van der Waals surface area contributed by atoms with Crippen LogP contribution in [0.1, 0.15) is 51.9 Å². The molecule has 0 saturated heterocycles. The van der Waals surface area contributed by atoms with Gasteiger partial charge in [0.1, 0.15) is 18.1 Å². The molecule has 6 heteroatoms. The van der Waals surface area contributed by atoms with Gasteiger partial charge in [-0.05, 0) is 37.8 Å². The molecule has 0 N–H and O–H groups in total. The molecule has 0 bridgehead atoms. The topological polar surface area (TPSA) is 48.7 Å². The quantitative estimate of drug-likeness (QED) is 0.340. The molecule has 0 amide bonds. The molecule has 1 rings (SSSR count). The lowest BCUT2D eigenvalue weighted by atomic mass is 9.87. The SMILES string of the molecule is C[SiH](C)OC(c1cc(=O)c(OCCCCCBr)co1)C(C)(C)C. The fourth-order valence-corrected chi connectivity index (χ4v) is 3.67. The molecule has 0 saturated carbocycles. The Kier molecular flexibility index (Phi) is 8.57. The standard InChI is InChI=1S/C17H29BrO4Si/c1-17(2,3)16(22-23(4)5)14-11-13(19)15(12-21-14)20-10-8-6-7-9-18/h11-12,16,23H,6-10H2,1-5H3. The second kappa shape index (κ2) is 9.64. The molecule has 132 valence electrons. The molecule has 1 aromatic heterocycles. The number of unbranched alkanes of at least 4 members (excludes halogenated alkanes) is 2. The van der Waals surface area contributed by atoms with Crippen LogP contribution in [0.4, 0.5) is 0 Å². The summed E-state index contributed by atoms with van der Waals surface area (Å²) >= 11 is 3.40. The van der Waals surface area contributed by atoms with E-state index >= 15 is 0 Å². The highest BCUT2D eigenvalue weighted by molar-refractivity contribution is 9.09. The Hall–Kier alpha value is -0.593. The third-order valence-corrected chi connectivity index (χ3v) is 4.68.